The van der Waals surface area contributed by atoms with Crippen molar-refractivity contribution in [3.63, 3.8) is 0 Å². The van der Waals surface area contributed by atoms with E-state index in [1.807, 2.05) is 72.8 Å². The van der Waals surface area contributed by atoms with Gasteiger partial charge in [-0.2, -0.15) is 0 Å². The number of carbonyl (C=O) groups is 1. The zero-order valence-electron chi connectivity index (χ0n) is 16.5. The Hall–Kier alpha value is -3.15. The standard InChI is InChI=1S/C24H24O5/c1-26-16-28-21-11-7-18(8-12-21)24(23-6-4-3-5-20(23)15-25)19-9-13-22(14-10-19)29-17-27-2/h3-15,24H,16-17H2,1-2H3. The molecule has 0 aliphatic heterocycles. The highest BCUT2D eigenvalue weighted by molar-refractivity contribution is 5.78. The van der Waals surface area contributed by atoms with E-state index < -0.39 is 0 Å². The maximum Gasteiger partial charge on any atom is 0.188 e. The lowest BCUT2D eigenvalue weighted by Crippen LogP contribution is -2.07. The van der Waals surface area contributed by atoms with Crippen LogP contribution in [0.1, 0.15) is 33.0 Å². The molecule has 0 aliphatic rings. The Morgan fingerprint density at radius 2 is 1.21 bits per heavy atom. The average Bonchev–Trinajstić information content (AvgIpc) is 2.78. The van der Waals surface area contributed by atoms with Gasteiger partial charge in [0.1, 0.15) is 17.8 Å². The molecule has 0 N–H and O–H groups in total. The highest BCUT2D eigenvalue weighted by Crippen LogP contribution is 2.35. The van der Waals surface area contributed by atoms with Gasteiger partial charge < -0.3 is 18.9 Å². The Morgan fingerprint density at radius 3 is 1.66 bits per heavy atom. The van der Waals surface area contributed by atoms with E-state index in [1.165, 1.54) is 0 Å². The molecule has 0 aliphatic carbocycles. The van der Waals surface area contributed by atoms with Crippen LogP contribution in [0.3, 0.4) is 0 Å². The quantitative estimate of drug-likeness (QED) is 0.286. The number of aldehydes is 1. The first-order chi connectivity index (χ1) is 14.3. The fraction of sp³-hybridized carbons (Fsp3) is 0.208. The Kier molecular flexibility index (Phi) is 7.39. The van der Waals surface area contributed by atoms with Gasteiger partial charge in [0, 0.05) is 25.7 Å². The lowest BCUT2D eigenvalue weighted by Gasteiger charge is -2.21. The van der Waals surface area contributed by atoms with Crippen molar-refractivity contribution < 1.29 is 23.7 Å². The molecule has 3 rings (SSSR count). The molecule has 150 valence electrons. The molecule has 0 saturated carbocycles. The molecule has 0 radical (unpaired) electrons. The van der Waals surface area contributed by atoms with Crippen molar-refractivity contribution in [1.29, 1.82) is 0 Å². The Morgan fingerprint density at radius 1 is 0.724 bits per heavy atom. The second kappa shape index (κ2) is 10.4. The van der Waals surface area contributed by atoms with E-state index in [0.29, 0.717) is 5.56 Å². The fourth-order valence-electron chi connectivity index (χ4n) is 3.20. The lowest BCUT2D eigenvalue weighted by molar-refractivity contribution is 0.0509. The zero-order chi connectivity index (χ0) is 20.5. The molecule has 0 heterocycles. The third kappa shape index (κ3) is 5.22. The third-order valence-corrected chi connectivity index (χ3v) is 4.55. The summed E-state index contributed by atoms with van der Waals surface area (Å²) in [5, 5.41) is 0. The van der Waals surface area contributed by atoms with Gasteiger partial charge in [0.05, 0.1) is 0 Å². The van der Waals surface area contributed by atoms with E-state index in [9.17, 15) is 4.79 Å². The summed E-state index contributed by atoms with van der Waals surface area (Å²) in [4.78, 5) is 11.7. The zero-order valence-corrected chi connectivity index (χ0v) is 16.5. The molecule has 0 bridgehead atoms. The van der Waals surface area contributed by atoms with Gasteiger partial charge in [-0.05, 0) is 41.0 Å². The smallest absolute Gasteiger partial charge is 0.188 e. The van der Waals surface area contributed by atoms with Crippen molar-refractivity contribution >= 4 is 6.29 Å². The van der Waals surface area contributed by atoms with Crippen LogP contribution in [0.5, 0.6) is 11.5 Å². The SMILES string of the molecule is COCOc1ccc(C(c2ccc(OCOC)cc2)c2ccccc2C=O)cc1. The molecule has 0 saturated heterocycles. The van der Waals surface area contributed by atoms with Crippen LogP contribution >= 0.6 is 0 Å². The maximum absolute atomic E-state index is 11.7. The monoisotopic (exact) mass is 392 g/mol. The summed E-state index contributed by atoms with van der Waals surface area (Å²) in [5.74, 6) is 1.34. The normalized spacial score (nSPS) is 10.7. The number of rotatable bonds is 10. The summed E-state index contributed by atoms with van der Waals surface area (Å²) in [6, 6.07) is 23.3. The Balaban J connectivity index is 1.99. The first kappa shape index (κ1) is 20.6. The number of ether oxygens (including phenoxy) is 4. The number of benzene rings is 3. The van der Waals surface area contributed by atoms with E-state index in [4.69, 9.17) is 18.9 Å². The number of carbonyl (C=O) groups excluding carboxylic acids is 1. The van der Waals surface area contributed by atoms with Gasteiger partial charge in [0.25, 0.3) is 0 Å². The van der Waals surface area contributed by atoms with Crippen LogP contribution in [0.2, 0.25) is 0 Å². The van der Waals surface area contributed by atoms with Gasteiger partial charge in [-0.1, -0.05) is 48.5 Å². The number of hydrogen-bond donors (Lipinski definition) is 0. The summed E-state index contributed by atoms with van der Waals surface area (Å²) >= 11 is 0. The first-order valence-corrected chi connectivity index (χ1v) is 9.24. The second-order valence-electron chi connectivity index (χ2n) is 6.42. The summed E-state index contributed by atoms with van der Waals surface area (Å²) < 4.78 is 20.9. The van der Waals surface area contributed by atoms with Gasteiger partial charge in [-0.25, -0.2) is 0 Å². The van der Waals surface area contributed by atoms with Crippen molar-refractivity contribution in [1.82, 2.24) is 0 Å². The Bertz CT molecular complexity index is 852. The highest BCUT2D eigenvalue weighted by atomic mass is 16.7. The van der Waals surface area contributed by atoms with Crippen LogP contribution < -0.4 is 9.47 Å². The number of hydrogen-bond acceptors (Lipinski definition) is 5. The van der Waals surface area contributed by atoms with Crippen molar-refractivity contribution in [2.24, 2.45) is 0 Å². The third-order valence-electron chi connectivity index (χ3n) is 4.55. The maximum atomic E-state index is 11.7. The van der Waals surface area contributed by atoms with Crippen LogP contribution in [0.4, 0.5) is 0 Å². The van der Waals surface area contributed by atoms with Crippen LogP contribution in [0.25, 0.3) is 0 Å². The van der Waals surface area contributed by atoms with Crippen LogP contribution in [0.15, 0.2) is 72.8 Å². The predicted octanol–water partition coefficient (Wildman–Crippen LogP) is 4.64. The molecule has 29 heavy (non-hydrogen) atoms. The molecule has 5 nitrogen and oxygen atoms in total. The van der Waals surface area contributed by atoms with Crippen molar-refractivity contribution in [3.8, 4) is 11.5 Å². The van der Waals surface area contributed by atoms with Gasteiger partial charge in [-0.3, -0.25) is 4.79 Å². The van der Waals surface area contributed by atoms with Crippen molar-refractivity contribution in [2.75, 3.05) is 27.8 Å². The lowest BCUT2D eigenvalue weighted by atomic mass is 9.83. The van der Waals surface area contributed by atoms with E-state index in [0.717, 1.165) is 34.5 Å². The minimum Gasteiger partial charge on any atom is -0.468 e. The molecule has 0 atom stereocenters. The summed E-state index contributed by atoms with van der Waals surface area (Å²) in [5.41, 5.74) is 3.71. The summed E-state index contributed by atoms with van der Waals surface area (Å²) in [6.07, 6.45) is 0.897. The molecular formula is C24H24O5. The van der Waals surface area contributed by atoms with E-state index in [-0.39, 0.29) is 19.5 Å². The molecule has 3 aromatic carbocycles. The summed E-state index contributed by atoms with van der Waals surface area (Å²) in [7, 11) is 3.17. The van der Waals surface area contributed by atoms with Gasteiger partial charge in [0.2, 0.25) is 0 Å². The van der Waals surface area contributed by atoms with Crippen molar-refractivity contribution in [3.05, 3.63) is 95.1 Å². The van der Waals surface area contributed by atoms with E-state index in [1.54, 1.807) is 14.2 Å². The minimum absolute atomic E-state index is 0.107. The minimum atomic E-state index is -0.107. The molecule has 0 unspecified atom stereocenters. The number of methoxy groups -OCH3 is 2. The second-order valence-corrected chi connectivity index (χ2v) is 6.42. The molecule has 3 aromatic rings. The summed E-state index contributed by atoms with van der Waals surface area (Å²) in [6.45, 7) is 0.388. The van der Waals surface area contributed by atoms with Crippen molar-refractivity contribution in [2.45, 2.75) is 5.92 Å². The first-order valence-electron chi connectivity index (χ1n) is 9.24. The van der Waals surface area contributed by atoms with Gasteiger partial charge >= 0.3 is 0 Å². The molecule has 0 amide bonds. The van der Waals surface area contributed by atoms with E-state index >= 15 is 0 Å². The van der Waals surface area contributed by atoms with Crippen LogP contribution in [-0.2, 0) is 9.47 Å². The van der Waals surface area contributed by atoms with Crippen LogP contribution in [0, 0.1) is 0 Å². The van der Waals surface area contributed by atoms with Gasteiger partial charge in [0.15, 0.2) is 13.6 Å². The van der Waals surface area contributed by atoms with Gasteiger partial charge in [-0.15, -0.1) is 0 Å². The highest BCUT2D eigenvalue weighted by Gasteiger charge is 2.20. The molecule has 5 heteroatoms. The molecule has 0 fully saturated rings. The largest absolute Gasteiger partial charge is 0.468 e. The molecule has 0 spiro atoms. The van der Waals surface area contributed by atoms with Crippen LogP contribution in [-0.4, -0.2) is 34.1 Å². The molecular weight excluding hydrogens is 368 g/mol. The topological polar surface area (TPSA) is 54.0 Å². The van der Waals surface area contributed by atoms with E-state index in [2.05, 4.69) is 0 Å². The Labute approximate surface area is 170 Å². The average molecular weight is 392 g/mol. The predicted molar refractivity (Wildman–Crippen MR) is 111 cm³/mol. The fourth-order valence-corrected chi connectivity index (χ4v) is 3.20. The molecule has 0 aromatic heterocycles.